The van der Waals surface area contributed by atoms with Gasteiger partial charge >= 0.3 is 5.97 Å². The summed E-state index contributed by atoms with van der Waals surface area (Å²) in [5, 5.41) is 14.2. The SMILES string of the molecule is CC(C)CC(NC(=O)CCNC(=O)c1ccc(Br)cc1)C(=O)O. The van der Waals surface area contributed by atoms with E-state index < -0.39 is 17.9 Å². The first-order valence-corrected chi connectivity index (χ1v) is 8.14. The fourth-order valence-corrected chi connectivity index (χ4v) is 2.22. The van der Waals surface area contributed by atoms with Gasteiger partial charge in [0, 0.05) is 23.0 Å². The predicted octanol–water partition coefficient (Wildman–Crippen LogP) is 2.18. The van der Waals surface area contributed by atoms with Crippen molar-refractivity contribution in [3.8, 4) is 0 Å². The minimum atomic E-state index is -1.05. The molecule has 0 heterocycles. The highest BCUT2D eigenvalue weighted by Gasteiger charge is 2.20. The number of benzene rings is 1. The molecule has 1 aromatic carbocycles. The maximum absolute atomic E-state index is 11.9. The Labute approximate surface area is 143 Å². The van der Waals surface area contributed by atoms with Crippen LogP contribution in [0, 0.1) is 5.92 Å². The van der Waals surface area contributed by atoms with E-state index in [2.05, 4.69) is 26.6 Å². The number of carbonyl (C=O) groups is 3. The topological polar surface area (TPSA) is 95.5 Å². The lowest BCUT2D eigenvalue weighted by Crippen LogP contribution is -2.42. The van der Waals surface area contributed by atoms with Crippen LogP contribution >= 0.6 is 15.9 Å². The van der Waals surface area contributed by atoms with Gasteiger partial charge < -0.3 is 15.7 Å². The van der Waals surface area contributed by atoms with Crippen LogP contribution in [0.3, 0.4) is 0 Å². The van der Waals surface area contributed by atoms with Gasteiger partial charge in [-0.15, -0.1) is 0 Å². The number of amides is 2. The van der Waals surface area contributed by atoms with Gasteiger partial charge in [0.25, 0.3) is 5.91 Å². The largest absolute Gasteiger partial charge is 0.480 e. The average Bonchev–Trinajstić information content (AvgIpc) is 2.46. The van der Waals surface area contributed by atoms with Gasteiger partial charge in [0.05, 0.1) is 0 Å². The van der Waals surface area contributed by atoms with Crippen molar-refractivity contribution in [3.63, 3.8) is 0 Å². The van der Waals surface area contributed by atoms with Crippen LogP contribution in [0.25, 0.3) is 0 Å². The van der Waals surface area contributed by atoms with Crippen LogP contribution in [0.2, 0.25) is 0 Å². The normalized spacial score (nSPS) is 11.8. The van der Waals surface area contributed by atoms with Crippen LogP contribution in [0.15, 0.2) is 28.7 Å². The Morgan fingerprint density at radius 3 is 2.30 bits per heavy atom. The van der Waals surface area contributed by atoms with Crippen molar-refractivity contribution in [3.05, 3.63) is 34.3 Å². The summed E-state index contributed by atoms with van der Waals surface area (Å²) in [6.45, 7) is 3.93. The molecule has 23 heavy (non-hydrogen) atoms. The molecule has 0 aliphatic heterocycles. The third-order valence-corrected chi connectivity index (χ3v) is 3.61. The van der Waals surface area contributed by atoms with Crippen molar-refractivity contribution in [1.29, 1.82) is 0 Å². The summed E-state index contributed by atoms with van der Waals surface area (Å²) in [5.74, 6) is -1.56. The van der Waals surface area contributed by atoms with Crippen LogP contribution in [-0.4, -0.2) is 35.5 Å². The lowest BCUT2D eigenvalue weighted by Gasteiger charge is -2.16. The third-order valence-electron chi connectivity index (χ3n) is 3.08. The van der Waals surface area contributed by atoms with Crippen molar-refractivity contribution in [2.75, 3.05) is 6.54 Å². The molecule has 3 N–H and O–H groups in total. The Kier molecular flexibility index (Phi) is 7.74. The summed E-state index contributed by atoms with van der Waals surface area (Å²) in [7, 11) is 0. The van der Waals surface area contributed by atoms with Gasteiger partial charge in [-0.2, -0.15) is 0 Å². The molecular formula is C16H21BrN2O4. The van der Waals surface area contributed by atoms with Crippen molar-refractivity contribution < 1.29 is 19.5 Å². The molecule has 0 fully saturated rings. The Hall–Kier alpha value is -1.89. The Bertz CT molecular complexity index is 558. The molecule has 0 bridgehead atoms. The molecule has 0 saturated heterocycles. The van der Waals surface area contributed by atoms with Gasteiger partial charge in [-0.3, -0.25) is 9.59 Å². The molecule has 1 atom stereocenters. The molecule has 0 spiro atoms. The van der Waals surface area contributed by atoms with Crippen LogP contribution in [-0.2, 0) is 9.59 Å². The summed E-state index contributed by atoms with van der Waals surface area (Å²) < 4.78 is 0.873. The number of carbonyl (C=O) groups excluding carboxylic acids is 2. The molecule has 1 rings (SSSR count). The van der Waals surface area contributed by atoms with E-state index in [1.165, 1.54) is 0 Å². The smallest absolute Gasteiger partial charge is 0.326 e. The quantitative estimate of drug-likeness (QED) is 0.639. The molecule has 0 aromatic heterocycles. The van der Waals surface area contributed by atoms with Gasteiger partial charge in [0.15, 0.2) is 0 Å². The summed E-state index contributed by atoms with van der Waals surface area (Å²) >= 11 is 3.29. The second kappa shape index (κ2) is 9.29. The van der Waals surface area contributed by atoms with Crippen LogP contribution in [0.1, 0.15) is 37.0 Å². The van der Waals surface area contributed by atoms with Crippen molar-refractivity contribution in [2.24, 2.45) is 5.92 Å². The molecule has 126 valence electrons. The van der Waals surface area contributed by atoms with E-state index in [0.717, 1.165) is 4.47 Å². The number of rotatable bonds is 8. The van der Waals surface area contributed by atoms with E-state index in [1.807, 2.05) is 13.8 Å². The lowest BCUT2D eigenvalue weighted by molar-refractivity contribution is -0.142. The van der Waals surface area contributed by atoms with Gasteiger partial charge in [0.1, 0.15) is 6.04 Å². The number of hydrogen-bond donors (Lipinski definition) is 3. The maximum atomic E-state index is 11.9. The van der Waals surface area contributed by atoms with E-state index in [1.54, 1.807) is 24.3 Å². The molecule has 0 aliphatic rings. The monoisotopic (exact) mass is 384 g/mol. The number of aliphatic carboxylic acids is 1. The van der Waals surface area contributed by atoms with Gasteiger partial charge in [-0.1, -0.05) is 29.8 Å². The number of carboxylic acids is 1. The first-order chi connectivity index (χ1) is 10.8. The van der Waals surface area contributed by atoms with Crippen molar-refractivity contribution in [2.45, 2.75) is 32.7 Å². The first kappa shape index (κ1) is 19.2. The molecule has 0 radical (unpaired) electrons. The number of hydrogen-bond acceptors (Lipinski definition) is 3. The highest BCUT2D eigenvalue weighted by atomic mass is 79.9. The summed E-state index contributed by atoms with van der Waals surface area (Å²) in [6.07, 6.45) is 0.399. The zero-order valence-corrected chi connectivity index (χ0v) is 14.7. The fourth-order valence-electron chi connectivity index (χ4n) is 1.95. The first-order valence-electron chi connectivity index (χ1n) is 7.35. The molecule has 6 nitrogen and oxygen atoms in total. The van der Waals surface area contributed by atoms with Gasteiger partial charge in [-0.05, 0) is 36.6 Å². The highest BCUT2D eigenvalue weighted by molar-refractivity contribution is 9.10. The average molecular weight is 385 g/mol. The fraction of sp³-hybridized carbons (Fsp3) is 0.438. The van der Waals surface area contributed by atoms with E-state index in [0.29, 0.717) is 12.0 Å². The number of nitrogens with one attached hydrogen (secondary N) is 2. The molecule has 2 amide bonds. The molecule has 7 heteroatoms. The summed E-state index contributed by atoms with van der Waals surface area (Å²) in [4.78, 5) is 34.7. The van der Waals surface area contributed by atoms with E-state index in [9.17, 15) is 14.4 Å². The molecular weight excluding hydrogens is 364 g/mol. The lowest BCUT2D eigenvalue weighted by atomic mass is 10.0. The van der Waals surface area contributed by atoms with Gasteiger partial charge in [0.2, 0.25) is 5.91 Å². The van der Waals surface area contributed by atoms with Crippen molar-refractivity contribution in [1.82, 2.24) is 10.6 Å². The Morgan fingerprint density at radius 2 is 1.78 bits per heavy atom. The predicted molar refractivity (Wildman–Crippen MR) is 90.1 cm³/mol. The van der Waals surface area contributed by atoms with Crippen molar-refractivity contribution >= 4 is 33.7 Å². The number of halogens is 1. The molecule has 0 aliphatic carbocycles. The second-order valence-corrected chi connectivity index (χ2v) is 6.52. The summed E-state index contributed by atoms with van der Waals surface area (Å²) in [5.41, 5.74) is 0.497. The third kappa shape index (κ3) is 7.27. The van der Waals surface area contributed by atoms with Crippen LogP contribution < -0.4 is 10.6 Å². The van der Waals surface area contributed by atoms with E-state index in [-0.39, 0.29) is 24.8 Å². The van der Waals surface area contributed by atoms with Crippen LogP contribution in [0.4, 0.5) is 0 Å². The Balaban J connectivity index is 2.39. The number of carboxylic acid groups (broad SMARTS) is 1. The van der Waals surface area contributed by atoms with E-state index >= 15 is 0 Å². The second-order valence-electron chi connectivity index (χ2n) is 5.60. The maximum Gasteiger partial charge on any atom is 0.326 e. The molecule has 0 saturated carbocycles. The highest BCUT2D eigenvalue weighted by Crippen LogP contribution is 2.10. The minimum Gasteiger partial charge on any atom is -0.480 e. The summed E-state index contributed by atoms with van der Waals surface area (Å²) in [6, 6.07) is 5.95. The standard InChI is InChI=1S/C16H21BrN2O4/c1-10(2)9-13(16(22)23)19-14(20)7-8-18-15(21)11-3-5-12(17)6-4-11/h3-6,10,13H,7-9H2,1-2H3,(H,18,21)(H,19,20)(H,22,23). The zero-order valence-electron chi connectivity index (χ0n) is 13.1. The van der Waals surface area contributed by atoms with E-state index in [4.69, 9.17) is 5.11 Å². The minimum absolute atomic E-state index is 0.0319. The molecule has 1 aromatic rings. The zero-order chi connectivity index (χ0) is 17.4. The van der Waals surface area contributed by atoms with Gasteiger partial charge in [-0.25, -0.2) is 4.79 Å². The molecule has 1 unspecified atom stereocenters. The van der Waals surface area contributed by atoms with Crippen LogP contribution in [0.5, 0.6) is 0 Å². The Morgan fingerprint density at radius 1 is 1.17 bits per heavy atom.